The molecule has 4 rings (SSSR count). The first-order chi connectivity index (χ1) is 13.2. The topological polar surface area (TPSA) is 89.1 Å². The van der Waals surface area contributed by atoms with Gasteiger partial charge in [0.05, 0.1) is 28.2 Å². The van der Waals surface area contributed by atoms with Crippen molar-refractivity contribution in [2.45, 2.75) is 34.2 Å². The summed E-state index contributed by atoms with van der Waals surface area (Å²) >= 11 is 0. The number of hydrogen-bond donors (Lipinski definition) is 1. The van der Waals surface area contributed by atoms with E-state index in [1.54, 1.807) is 4.52 Å². The molecule has 0 saturated heterocycles. The number of fused-ring (bicyclic) bond motifs is 5. The molecule has 1 N–H and O–H groups in total. The predicted molar refractivity (Wildman–Crippen MR) is 106 cm³/mol. The minimum absolute atomic E-state index is 0.573. The van der Waals surface area contributed by atoms with Crippen molar-refractivity contribution in [2.75, 3.05) is 31.5 Å². The highest BCUT2D eigenvalue weighted by Gasteiger charge is 2.18. The molecule has 9 nitrogen and oxygen atoms in total. The van der Waals surface area contributed by atoms with E-state index in [4.69, 9.17) is 9.97 Å². The molecule has 0 fully saturated rings. The summed E-state index contributed by atoms with van der Waals surface area (Å²) in [6.07, 6.45) is 3.39. The molecule has 0 bridgehead atoms. The van der Waals surface area contributed by atoms with E-state index >= 15 is 0 Å². The molecule has 4 heterocycles. The average molecular weight is 367 g/mol. The number of aryl methyl sites for hydroxylation is 2. The van der Waals surface area contributed by atoms with Crippen LogP contribution in [0.25, 0.3) is 27.7 Å². The zero-order valence-electron chi connectivity index (χ0n) is 16.3. The molecular formula is C18H25N9. The van der Waals surface area contributed by atoms with Crippen LogP contribution in [0, 0.1) is 6.92 Å². The van der Waals surface area contributed by atoms with Gasteiger partial charge in [-0.1, -0.05) is 13.8 Å². The smallest absolute Gasteiger partial charge is 0.254 e. The maximum Gasteiger partial charge on any atom is 0.254 e. The summed E-state index contributed by atoms with van der Waals surface area (Å²) in [5.41, 5.74) is 2.72. The van der Waals surface area contributed by atoms with Crippen LogP contribution < -0.4 is 5.32 Å². The van der Waals surface area contributed by atoms with E-state index in [2.05, 4.69) is 46.2 Å². The van der Waals surface area contributed by atoms with Crippen molar-refractivity contribution in [2.24, 2.45) is 0 Å². The van der Waals surface area contributed by atoms with Crippen molar-refractivity contribution >= 4 is 33.5 Å². The molecular weight excluding hydrogens is 342 g/mol. The van der Waals surface area contributed by atoms with Crippen LogP contribution in [0.5, 0.6) is 0 Å². The second-order valence-electron chi connectivity index (χ2n) is 6.50. The molecule has 9 heteroatoms. The van der Waals surface area contributed by atoms with Crippen LogP contribution in [0.4, 0.5) is 5.82 Å². The van der Waals surface area contributed by atoms with Crippen LogP contribution >= 0.6 is 0 Å². The Kier molecular flexibility index (Phi) is 4.61. The van der Waals surface area contributed by atoms with Gasteiger partial charge in [0.1, 0.15) is 12.1 Å². The minimum Gasteiger partial charge on any atom is -0.368 e. The van der Waals surface area contributed by atoms with Crippen molar-refractivity contribution < 1.29 is 0 Å². The highest BCUT2D eigenvalue weighted by molar-refractivity contribution is 6.07. The van der Waals surface area contributed by atoms with Crippen LogP contribution in [-0.4, -0.2) is 65.4 Å². The number of nitrogens with one attached hydrogen (secondary N) is 1. The average Bonchev–Trinajstić information content (AvgIpc) is 3.31. The second kappa shape index (κ2) is 7.07. The fraction of sp³-hybridized carbons (Fsp3) is 0.500. The van der Waals surface area contributed by atoms with E-state index < -0.39 is 0 Å². The fourth-order valence-electron chi connectivity index (χ4n) is 3.55. The Hall–Kier alpha value is -2.81. The van der Waals surface area contributed by atoms with Gasteiger partial charge < -0.3 is 10.2 Å². The first kappa shape index (κ1) is 17.6. The van der Waals surface area contributed by atoms with Crippen LogP contribution in [0.1, 0.15) is 26.5 Å². The molecule has 0 aromatic carbocycles. The zero-order valence-corrected chi connectivity index (χ0v) is 16.3. The van der Waals surface area contributed by atoms with Gasteiger partial charge in [0.15, 0.2) is 5.65 Å². The molecule has 0 amide bonds. The summed E-state index contributed by atoms with van der Waals surface area (Å²) in [6.45, 7) is 13.0. The van der Waals surface area contributed by atoms with Gasteiger partial charge in [-0.05, 0) is 26.9 Å². The second-order valence-corrected chi connectivity index (χ2v) is 6.50. The van der Waals surface area contributed by atoms with Gasteiger partial charge in [0.25, 0.3) is 5.78 Å². The monoisotopic (exact) mass is 367 g/mol. The molecule has 0 unspecified atom stereocenters. The number of hydrogen-bond acceptors (Lipinski definition) is 7. The van der Waals surface area contributed by atoms with Gasteiger partial charge in [-0.25, -0.2) is 9.67 Å². The molecule has 142 valence electrons. The molecule has 0 radical (unpaired) electrons. The van der Waals surface area contributed by atoms with Crippen molar-refractivity contribution in [1.29, 1.82) is 0 Å². The van der Waals surface area contributed by atoms with E-state index in [-0.39, 0.29) is 0 Å². The normalized spacial score (nSPS) is 12.0. The lowest BCUT2D eigenvalue weighted by molar-refractivity contribution is 0.316. The summed E-state index contributed by atoms with van der Waals surface area (Å²) in [5.74, 6) is 1.37. The van der Waals surface area contributed by atoms with E-state index in [1.807, 2.05) is 17.8 Å². The molecule has 4 aromatic heterocycles. The van der Waals surface area contributed by atoms with Crippen molar-refractivity contribution in [3.8, 4) is 0 Å². The zero-order chi connectivity index (χ0) is 19.0. The first-order valence-corrected chi connectivity index (χ1v) is 9.49. The molecule has 0 atom stereocenters. The number of likely N-dealkylation sites (N-methyl/N-ethyl adjacent to an activating group) is 1. The van der Waals surface area contributed by atoms with Gasteiger partial charge in [-0.3, -0.25) is 0 Å². The Bertz CT molecular complexity index is 1090. The lowest BCUT2D eigenvalue weighted by Crippen LogP contribution is -2.28. The van der Waals surface area contributed by atoms with E-state index in [9.17, 15) is 0 Å². The fourth-order valence-corrected chi connectivity index (χ4v) is 3.55. The molecule has 27 heavy (non-hydrogen) atoms. The largest absolute Gasteiger partial charge is 0.368 e. The van der Waals surface area contributed by atoms with Gasteiger partial charge in [0.2, 0.25) is 0 Å². The Morgan fingerprint density at radius 1 is 1.11 bits per heavy atom. The number of aromatic nitrogens is 7. The maximum atomic E-state index is 4.81. The standard InChI is InChI=1S/C18H25N9/c1-5-25(6-2)9-8-19-16-14-12(4)23-17-13(10-21-26(17)7-3)15(14)27-18(24-16)20-11-22-27/h10-11H,5-9H2,1-4H3,(H,19,20,22,24). The number of nitrogens with zero attached hydrogens (tertiary/aromatic N) is 8. The van der Waals surface area contributed by atoms with Crippen molar-refractivity contribution in [3.05, 3.63) is 18.2 Å². The third kappa shape index (κ3) is 2.87. The summed E-state index contributed by atoms with van der Waals surface area (Å²) in [4.78, 5) is 16.2. The Labute approximate surface area is 157 Å². The third-order valence-electron chi connectivity index (χ3n) is 5.04. The van der Waals surface area contributed by atoms with Crippen molar-refractivity contribution in [3.63, 3.8) is 0 Å². The maximum absolute atomic E-state index is 4.81. The van der Waals surface area contributed by atoms with Gasteiger partial charge in [-0.15, -0.1) is 0 Å². The summed E-state index contributed by atoms with van der Waals surface area (Å²) in [7, 11) is 0. The summed E-state index contributed by atoms with van der Waals surface area (Å²) in [5, 5.41) is 14.3. The molecule has 0 aliphatic heterocycles. The summed E-state index contributed by atoms with van der Waals surface area (Å²) in [6, 6.07) is 0. The number of pyridine rings is 1. The minimum atomic E-state index is 0.573. The van der Waals surface area contributed by atoms with Gasteiger partial charge >= 0.3 is 0 Å². The molecule has 0 aliphatic rings. The van der Waals surface area contributed by atoms with Crippen LogP contribution in [-0.2, 0) is 6.54 Å². The quantitative estimate of drug-likeness (QED) is 0.535. The number of rotatable bonds is 7. The lowest BCUT2D eigenvalue weighted by Gasteiger charge is -2.19. The Morgan fingerprint density at radius 3 is 2.67 bits per heavy atom. The van der Waals surface area contributed by atoms with E-state index in [0.29, 0.717) is 5.78 Å². The van der Waals surface area contributed by atoms with Gasteiger partial charge in [0, 0.05) is 19.6 Å². The predicted octanol–water partition coefficient (Wildman–Crippen LogP) is 2.10. The molecule has 4 aromatic rings. The lowest BCUT2D eigenvalue weighted by atomic mass is 10.1. The van der Waals surface area contributed by atoms with E-state index in [0.717, 1.165) is 66.2 Å². The summed E-state index contributed by atoms with van der Waals surface area (Å²) < 4.78 is 3.68. The third-order valence-corrected chi connectivity index (χ3v) is 5.04. The van der Waals surface area contributed by atoms with Crippen LogP contribution in [0.15, 0.2) is 12.5 Å². The Balaban J connectivity index is 1.88. The van der Waals surface area contributed by atoms with Gasteiger partial charge in [-0.2, -0.15) is 24.7 Å². The Morgan fingerprint density at radius 2 is 1.93 bits per heavy atom. The van der Waals surface area contributed by atoms with Crippen LogP contribution in [0.3, 0.4) is 0 Å². The van der Waals surface area contributed by atoms with Crippen molar-refractivity contribution in [1.82, 2.24) is 39.2 Å². The highest BCUT2D eigenvalue weighted by Crippen LogP contribution is 2.30. The van der Waals surface area contributed by atoms with E-state index in [1.165, 1.54) is 6.33 Å². The molecule has 0 saturated carbocycles. The highest BCUT2D eigenvalue weighted by atomic mass is 15.3. The van der Waals surface area contributed by atoms with Crippen LogP contribution in [0.2, 0.25) is 0 Å². The number of anilines is 1. The molecule has 0 spiro atoms. The molecule has 0 aliphatic carbocycles. The SMILES string of the molecule is CCN(CC)CCNc1nc2ncnn2c2c1c(C)nc1c2cnn1CC. The first-order valence-electron chi connectivity index (χ1n) is 9.49.